The highest BCUT2D eigenvalue weighted by molar-refractivity contribution is 7.09. The summed E-state index contributed by atoms with van der Waals surface area (Å²) in [6.07, 6.45) is 6.83. The lowest BCUT2D eigenvalue weighted by atomic mass is 9.78. The average Bonchev–Trinajstić information content (AvgIpc) is 3.09. The summed E-state index contributed by atoms with van der Waals surface area (Å²) in [6, 6.07) is 0. The van der Waals surface area contributed by atoms with Crippen molar-refractivity contribution in [3.05, 3.63) is 16.6 Å². The van der Waals surface area contributed by atoms with Gasteiger partial charge >= 0.3 is 0 Å². The standard InChI is InChI=1S/C14H21N3OS.2ClH/c18-13(2-1-12-16-7-10-19-12)17-8-4-14(5-9-17)3-6-15-11-14;;/h7,10,15H,1-6,8-9,11H2;2*1H. The van der Waals surface area contributed by atoms with Crippen LogP contribution in [0.15, 0.2) is 11.6 Å². The number of aromatic nitrogens is 1. The van der Waals surface area contributed by atoms with Crippen molar-refractivity contribution in [2.24, 2.45) is 5.41 Å². The third-order valence-corrected chi connectivity index (χ3v) is 5.38. The number of nitrogens with zero attached hydrogens (tertiary/aromatic N) is 2. The van der Waals surface area contributed by atoms with Gasteiger partial charge in [0.2, 0.25) is 5.91 Å². The summed E-state index contributed by atoms with van der Waals surface area (Å²) in [4.78, 5) is 18.5. The molecule has 3 heterocycles. The lowest BCUT2D eigenvalue weighted by Gasteiger charge is -2.38. The summed E-state index contributed by atoms with van der Waals surface area (Å²) < 4.78 is 0. The quantitative estimate of drug-likeness (QED) is 0.909. The molecule has 7 heteroatoms. The molecule has 0 aromatic carbocycles. The Labute approximate surface area is 142 Å². The van der Waals surface area contributed by atoms with E-state index in [4.69, 9.17) is 0 Å². The molecule has 3 rings (SSSR count). The molecule has 21 heavy (non-hydrogen) atoms. The van der Waals surface area contributed by atoms with Gasteiger partial charge in [-0.2, -0.15) is 0 Å². The topological polar surface area (TPSA) is 45.2 Å². The zero-order chi connectivity index (χ0) is 13.1. The molecular weight excluding hydrogens is 329 g/mol. The van der Waals surface area contributed by atoms with Crippen molar-refractivity contribution in [1.29, 1.82) is 0 Å². The first-order valence-electron chi connectivity index (χ1n) is 7.14. The van der Waals surface area contributed by atoms with E-state index >= 15 is 0 Å². The lowest BCUT2D eigenvalue weighted by molar-refractivity contribution is -0.133. The number of piperidine rings is 1. The maximum absolute atomic E-state index is 12.2. The number of carbonyl (C=O) groups excluding carboxylic acids is 1. The molecule has 0 radical (unpaired) electrons. The van der Waals surface area contributed by atoms with E-state index in [1.165, 1.54) is 19.3 Å². The molecule has 4 nitrogen and oxygen atoms in total. The molecule has 2 aliphatic rings. The van der Waals surface area contributed by atoms with E-state index in [-0.39, 0.29) is 24.8 Å². The Morgan fingerprint density at radius 3 is 2.67 bits per heavy atom. The second kappa shape index (κ2) is 8.32. The number of halogens is 2. The third kappa shape index (κ3) is 4.55. The summed E-state index contributed by atoms with van der Waals surface area (Å²) in [7, 11) is 0. The van der Waals surface area contributed by atoms with E-state index in [0.717, 1.165) is 37.6 Å². The number of aryl methyl sites for hydroxylation is 1. The van der Waals surface area contributed by atoms with Crippen molar-refractivity contribution in [2.45, 2.75) is 32.1 Å². The monoisotopic (exact) mass is 351 g/mol. The average molecular weight is 352 g/mol. The number of rotatable bonds is 3. The Bertz CT molecular complexity index is 425. The van der Waals surface area contributed by atoms with Crippen molar-refractivity contribution in [2.75, 3.05) is 26.2 Å². The van der Waals surface area contributed by atoms with Crippen LogP contribution >= 0.6 is 36.2 Å². The molecule has 1 aromatic rings. The lowest BCUT2D eigenvalue weighted by Crippen LogP contribution is -2.44. The number of nitrogens with one attached hydrogen (secondary N) is 1. The molecule has 120 valence electrons. The number of likely N-dealkylation sites (tertiary alicyclic amines) is 1. The van der Waals surface area contributed by atoms with Gasteiger partial charge in [0.15, 0.2) is 0 Å². The van der Waals surface area contributed by atoms with Crippen LogP contribution < -0.4 is 5.32 Å². The minimum atomic E-state index is 0. The molecule has 0 unspecified atom stereocenters. The van der Waals surface area contributed by atoms with Crippen molar-refractivity contribution in [1.82, 2.24) is 15.2 Å². The van der Waals surface area contributed by atoms with Crippen molar-refractivity contribution in [3.8, 4) is 0 Å². The Kier molecular flexibility index (Phi) is 7.40. The van der Waals surface area contributed by atoms with E-state index in [9.17, 15) is 4.79 Å². The highest BCUT2D eigenvalue weighted by atomic mass is 35.5. The molecule has 2 saturated heterocycles. The van der Waals surface area contributed by atoms with Gasteiger partial charge in [0.1, 0.15) is 0 Å². The van der Waals surface area contributed by atoms with Gasteiger partial charge in [0, 0.05) is 44.1 Å². The van der Waals surface area contributed by atoms with E-state index in [1.807, 2.05) is 11.6 Å². The van der Waals surface area contributed by atoms with Gasteiger partial charge in [-0.3, -0.25) is 4.79 Å². The van der Waals surface area contributed by atoms with Gasteiger partial charge in [-0.05, 0) is 31.2 Å². The first-order valence-corrected chi connectivity index (χ1v) is 8.02. The molecule has 2 fully saturated rings. The number of hydrogen-bond donors (Lipinski definition) is 1. The van der Waals surface area contributed by atoms with Crippen LogP contribution in [0.4, 0.5) is 0 Å². The SMILES string of the molecule is Cl.Cl.O=C(CCc1nccs1)N1CCC2(CCNC2)CC1. The van der Waals surface area contributed by atoms with Crippen LogP contribution in [0.3, 0.4) is 0 Å². The predicted molar refractivity (Wildman–Crippen MR) is 90.7 cm³/mol. The second-order valence-corrected chi connectivity index (χ2v) is 6.71. The van der Waals surface area contributed by atoms with E-state index in [1.54, 1.807) is 11.3 Å². The summed E-state index contributed by atoms with van der Waals surface area (Å²) in [6.45, 7) is 4.18. The summed E-state index contributed by atoms with van der Waals surface area (Å²) in [5.41, 5.74) is 0.492. The zero-order valence-corrected chi connectivity index (χ0v) is 14.5. The Hall–Kier alpha value is -0.360. The molecule has 0 bridgehead atoms. The first kappa shape index (κ1) is 18.7. The fourth-order valence-electron chi connectivity index (χ4n) is 3.20. The van der Waals surface area contributed by atoms with Crippen LogP contribution in [-0.2, 0) is 11.2 Å². The number of hydrogen-bond acceptors (Lipinski definition) is 4. The maximum atomic E-state index is 12.2. The largest absolute Gasteiger partial charge is 0.343 e. The Morgan fingerprint density at radius 2 is 2.10 bits per heavy atom. The zero-order valence-electron chi connectivity index (χ0n) is 12.0. The summed E-state index contributed by atoms with van der Waals surface area (Å²) >= 11 is 1.64. The number of thiazole rings is 1. The fourth-order valence-corrected chi connectivity index (χ4v) is 3.82. The van der Waals surface area contributed by atoms with Crippen molar-refractivity contribution in [3.63, 3.8) is 0 Å². The smallest absolute Gasteiger partial charge is 0.222 e. The van der Waals surface area contributed by atoms with Gasteiger partial charge < -0.3 is 10.2 Å². The third-order valence-electron chi connectivity index (χ3n) is 4.55. The number of carbonyl (C=O) groups is 1. The van der Waals surface area contributed by atoms with Gasteiger partial charge in [-0.15, -0.1) is 36.2 Å². The van der Waals surface area contributed by atoms with Gasteiger partial charge in [0.25, 0.3) is 0 Å². The Balaban J connectivity index is 0.00000110. The van der Waals surface area contributed by atoms with Crippen LogP contribution in [0.1, 0.15) is 30.7 Å². The summed E-state index contributed by atoms with van der Waals surface area (Å²) in [5.74, 6) is 0.302. The van der Waals surface area contributed by atoms with Crippen LogP contribution in [0.2, 0.25) is 0 Å². The maximum Gasteiger partial charge on any atom is 0.222 e. The minimum absolute atomic E-state index is 0. The van der Waals surface area contributed by atoms with Gasteiger partial charge in [-0.25, -0.2) is 4.98 Å². The first-order chi connectivity index (χ1) is 9.27. The van der Waals surface area contributed by atoms with Crippen molar-refractivity contribution >= 4 is 42.1 Å². The highest BCUT2D eigenvalue weighted by Gasteiger charge is 2.37. The van der Waals surface area contributed by atoms with E-state index < -0.39 is 0 Å². The predicted octanol–water partition coefficient (Wildman–Crippen LogP) is 2.52. The molecule has 1 N–H and O–H groups in total. The van der Waals surface area contributed by atoms with E-state index in [2.05, 4.69) is 15.2 Å². The summed E-state index contributed by atoms with van der Waals surface area (Å²) in [5, 5.41) is 6.50. The molecule has 0 saturated carbocycles. The molecule has 1 aromatic heterocycles. The van der Waals surface area contributed by atoms with Crippen LogP contribution in [0.25, 0.3) is 0 Å². The van der Waals surface area contributed by atoms with Crippen LogP contribution in [-0.4, -0.2) is 42.0 Å². The molecule has 0 atom stereocenters. The molecule has 2 aliphatic heterocycles. The minimum Gasteiger partial charge on any atom is -0.343 e. The van der Waals surface area contributed by atoms with Crippen LogP contribution in [0.5, 0.6) is 0 Å². The highest BCUT2D eigenvalue weighted by Crippen LogP contribution is 2.36. The fraction of sp³-hybridized carbons (Fsp3) is 0.714. The van der Waals surface area contributed by atoms with E-state index in [0.29, 0.717) is 17.7 Å². The normalized spacial score (nSPS) is 19.9. The van der Waals surface area contributed by atoms with Crippen molar-refractivity contribution < 1.29 is 4.79 Å². The van der Waals surface area contributed by atoms with Gasteiger partial charge in [-0.1, -0.05) is 0 Å². The molecule has 1 amide bonds. The number of amides is 1. The molecule has 0 aliphatic carbocycles. The molecule has 1 spiro atoms. The Morgan fingerprint density at radius 1 is 1.33 bits per heavy atom. The van der Waals surface area contributed by atoms with Crippen LogP contribution in [0, 0.1) is 5.41 Å². The molecular formula is C14H23Cl2N3OS. The van der Waals surface area contributed by atoms with Gasteiger partial charge in [0.05, 0.1) is 5.01 Å². The second-order valence-electron chi connectivity index (χ2n) is 5.73.